The second-order valence-electron chi connectivity index (χ2n) is 6.48. The highest BCUT2D eigenvalue weighted by Crippen LogP contribution is 2.23. The number of aryl methyl sites for hydroxylation is 1. The number of aliphatic hydroxyl groups is 1. The number of rotatable bonds is 6. The van der Waals surface area contributed by atoms with E-state index in [2.05, 4.69) is 4.98 Å². The molecule has 0 bridgehead atoms. The van der Waals surface area contributed by atoms with Crippen molar-refractivity contribution in [2.75, 3.05) is 7.05 Å². The van der Waals surface area contributed by atoms with Crippen LogP contribution in [0.3, 0.4) is 0 Å². The zero-order chi connectivity index (χ0) is 17.0. The monoisotopic (exact) mass is 332 g/mol. The topological polar surface area (TPSA) is 53.4 Å². The normalized spacial score (nSPS) is 12.9. The zero-order valence-electron chi connectivity index (χ0n) is 14.1. The largest absolute Gasteiger partial charge is 0.390 e. The van der Waals surface area contributed by atoms with Crippen molar-refractivity contribution in [2.45, 2.75) is 45.3 Å². The second kappa shape index (κ2) is 7.23. The number of nitrogens with zero attached hydrogens (tertiary/aromatic N) is 2. The molecule has 2 aromatic rings. The lowest BCUT2D eigenvalue weighted by molar-refractivity contribution is 0.0714. The van der Waals surface area contributed by atoms with Crippen LogP contribution in [0.25, 0.3) is 0 Å². The van der Waals surface area contributed by atoms with Gasteiger partial charge in [-0.05, 0) is 51.3 Å². The van der Waals surface area contributed by atoms with Crippen molar-refractivity contribution < 1.29 is 9.90 Å². The molecular weight excluding hydrogens is 308 g/mol. The average Bonchev–Trinajstić information content (AvgIpc) is 3.05. The van der Waals surface area contributed by atoms with E-state index >= 15 is 0 Å². The lowest BCUT2D eigenvalue weighted by Crippen LogP contribution is -2.29. The first-order valence-electron chi connectivity index (χ1n) is 7.76. The van der Waals surface area contributed by atoms with Gasteiger partial charge in [0, 0.05) is 24.2 Å². The van der Waals surface area contributed by atoms with E-state index in [0.29, 0.717) is 12.0 Å². The number of amides is 1. The molecule has 0 radical (unpaired) electrons. The first-order valence-corrected chi connectivity index (χ1v) is 8.64. The molecule has 0 aliphatic heterocycles. The van der Waals surface area contributed by atoms with E-state index in [9.17, 15) is 9.90 Å². The Morgan fingerprint density at radius 1 is 1.43 bits per heavy atom. The van der Waals surface area contributed by atoms with E-state index < -0.39 is 5.60 Å². The van der Waals surface area contributed by atoms with Crippen LogP contribution in [0.2, 0.25) is 0 Å². The summed E-state index contributed by atoms with van der Waals surface area (Å²) < 4.78 is 0. The molecule has 0 saturated heterocycles. The Morgan fingerprint density at radius 2 is 2.17 bits per heavy atom. The molecule has 2 rings (SSSR count). The molecule has 0 aliphatic carbocycles. The second-order valence-corrected chi connectivity index (χ2v) is 7.40. The number of aromatic nitrogens is 1. The van der Waals surface area contributed by atoms with Crippen LogP contribution in [-0.2, 0) is 6.42 Å². The highest BCUT2D eigenvalue weighted by Gasteiger charge is 2.21. The maximum Gasteiger partial charge on any atom is 0.254 e. The molecule has 23 heavy (non-hydrogen) atoms. The van der Waals surface area contributed by atoms with Crippen LogP contribution >= 0.6 is 11.3 Å². The molecule has 1 aromatic heterocycles. The minimum atomic E-state index is -0.698. The maximum atomic E-state index is 12.7. The standard InChI is InChI=1S/C18H24N2O2S/c1-13(16-19-10-11-23-16)20(4)17(21)15-7-5-6-14(12-15)8-9-18(2,3)22/h5-7,10-13,22H,8-9H2,1-4H3/t13-/m1/s1. The molecule has 0 saturated carbocycles. The Bertz CT molecular complexity index is 647. The lowest BCUT2D eigenvalue weighted by atomic mass is 9.97. The molecule has 5 heteroatoms. The van der Waals surface area contributed by atoms with E-state index in [1.807, 2.05) is 36.6 Å². The molecule has 0 unspecified atom stereocenters. The van der Waals surface area contributed by atoms with Crippen molar-refractivity contribution in [3.05, 3.63) is 52.0 Å². The molecular formula is C18H24N2O2S. The summed E-state index contributed by atoms with van der Waals surface area (Å²) in [5.41, 5.74) is 1.04. The summed E-state index contributed by atoms with van der Waals surface area (Å²) >= 11 is 1.55. The number of carbonyl (C=O) groups excluding carboxylic acids is 1. The van der Waals surface area contributed by atoms with Crippen LogP contribution in [0.4, 0.5) is 0 Å². The van der Waals surface area contributed by atoms with Crippen LogP contribution in [0.5, 0.6) is 0 Å². The summed E-state index contributed by atoms with van der Waals surface area (Å²) in [7, 11) is 1.80. The minimum absolute atomic E-state index is 0.0159. The molecule has 1 heterocycles. The summed E-state index contributed by atoms with van der Waals surface area (Å²) in [6.07, 6.45) is 3.17. The van der Waals surface area contributed by atoms with Gasteiger partial charge in [0.1, 0.15) is 5.01 Å². The number of hydrogen-bond acceptors (Lipinski definition) is 4. The first-order chi connectivity index (χ1) is 10.8. The van der Waals surface area contributed by atoms with Gasteiger partial charge < -0.3 is 10.0 Å². The van der Waals surface area contributed by atoms with Crippen LogP contribution in [0.1, 0.15) is 54.2 Å². The Kier molecular flexibility index (Phi) is 5.55. The van der Waals surface area contributed by atoms with E-state index in [4.69, 9.17) is 0 Å². The van der Waals surface area contributed by atoms with E-state index in [-0.39, 0.29) is 11.9 Å². The van der Waals surface area contributed by atoms with Gasteiger partial charge >= 0.3 is 0 Å². The van der Waals surface area contributed by atoms with Gasteiger partial charge in [0.05, 0.1) is 11.6 Å². The van der Waals surface area contributed by atoms with Crippen molar-refractivity contribution >= 4 is 17.2 Å². The summed E-state index contributed by atoms with van der Waals surface area (Å²) in [6.45, 7) is 5.58. The highest BCUT2D eigenvalue weighted by molar-refractivity contribution is 7.09. The number of hydrogen-bond donors (Lipinski definition) is 1. The molecule has 1 N–H and O–H groups in total. The molecule has 4 nitrogen and oxygen atoms in total. The van der Waals surface area contributed by atoms with Gasteiger partial charge in [0.15, 0.2) is 0 Å². The third-order valence-electron chi connectivity index (χ3n) is 3.91. The predicted octanol–water partition coefficient (Wildman–Crippen LogP) is 3.68. The van der Waals surface area contributed by atoms with E-state index in [0.717, 1.165) is 17.0 Å². The van der Waals surface area contributed by atoms with Crippen LogP contribution in [0, 0.1) is 0 Å². The smallest absolute Gasteiger partial charge is 0.254 e. The molecule has 1 amide bonds. The van der Waals surface area contributed by atoms with Gasteiger partial charge in [0.25, 0.3) is 5.91 Å². The Morgan fingerprint density at radius 3 is 2.78 bits per heavy atom. The Balaban J connectivity index is 2.10. The summed E-state index contributed by atoms with van der Waals surface area (Å²) in [6, 6.07) is 7.59. The molecule has 1 atom stereocenters. The summed E-state index contributed by atoms with van der Waals surface area (Å²) in [5.74, 6) is -0.0159. The third kappa shape index (κ3) is 4.88. The molecule has 1 aromatic carbocycles. The van der Waals surface area contributed by atoms with Crippen molar-refractivity contribution in [1.29, 1.82) is 0 Å². The maximum absolute atomic E-state index is 12.7. The van der Waals surface area contributed by atoms with E-state index in [1.165, 1.54) is 0 Å². The zero-order valence-corrected chi connectivity index (χ0v) is 14.9. The van der Waals surface area contributed by atoms with Crippen molar-refractivity contribution in [3.63, 3.8) is 0 Å². The lowest BCUT2D eigenvalue weighted by Gasteiger charge is -2.23. The fraction of sp³-hybridized carbons (Fsp3) is 0.444. The molecule has 124 valence electrons. The summed E-state index contributed by atoms with van der Waals surface area (Å²) in [5, 5.41) is 12.7. The van der Waals surface area contributed by atoms with Gasteiger partial charge in [-0.3, -0.25) is 4.79 Å². The SMILES string of the molecule is C[C@H](c1nccs1)N(C)C(=O)c1cccc(CCC(C)(C)O)c1. The molecule has 0 aliphatic rings. The number of carbonyl (C=O) groups is 1. The van der Waals surface area contributed by atoms with Gasteiger partial charge in [-0.1, -0.05) is 12.1 Å². The number of benzene rings is 1. The Labute approximate surface area is 141 Å². The van der Waals surface area contributed by atoms with Gasteiger partial charge in [0.2, 0.25) is 0 Å². The molecule has 0 spiro atoms. The van der Waals surface area contributed by atoms with Crippen molar-refractivity contribution in [3.8, 4) is 0 Å². The van der Waals surface area contributed by atoms with Crippen molar-refractivity contribution in [2.24, 2.45) is 0 Å². The Hall–Kier alpha value is -1.72. The van der Waals surface area contributed by atoms with Crippen LogP contribution in [-0.4, -0.2) is 33.5 Å². The quantitative estimate of drug-likeness (QED) is 0.878. The highest BCUT2D eigenvalue weighted by atomic mass is 32.1. The van der Waals surface area contributed by atoms with Gasteiger partial charge in [-0.15, -0.1) is 11.3 Å². The third-order valence-corrected chi connectivity index (χ3v) is 4.86. The average molecular weight is 332 g/mol. The fourth-order valence-corrected chi connectivity index (χ4v) is 3.03. The first kappa shape index (κ1) is 17.6. The predicted molar refractivity (Wildman–Crippen MR) is 93.7 cm³/mol. The van der Waals surface area contributed by atoms with Crippen LogP contribution in [0.15, 0.2) is 35.8 Å². The fourth-order valence-electron chi connectivity index (χ4n) is 2.30. The van der Waals surface area contributed by atoms with Crippen LogP contribution < -0.4 is 0 Å². The number of thiazole rings is 1. The molecule has 0 fully saturated rings. The van der Waals surface area contributed by atoms with Gasteiger partial charge in [-0.2, -0.15) is 0 Å². The van der Waals surface area contributed by atoms with Crippen molar-refractivity contribution in [1.82, 2.24) is 9.88 Å². The van der Waals surface area contributed by atoms with E-state index in [1.54, 1.807) is 43.3 Å². The summed E-state index contributed by atoms with van der Waals surface area (Å²) in [4.78, 5) is 18.7. The minimum Gasteiger partial charge on any atom is -0.390 e. The van der Waals surface area contributed by atoms with Gasteiger partial charge in [-0.25, -0.2) is 4.98 Å².